The van der Waals surface area contributed by atoms with E-state index >= 15 is 0 Å². The monoisotopic (exact) mass is 302 g/mol. The molecule has 2 aromatic rings. The zero-order chi connectivity index (χ0) is 16.2. The molecule has 2 aromatic heterocycles. The van der Waals surface area contributed by atoms with E-state index in [0.717, 1.165) is 5.69 Å². The van der Waals surface area contributed by atoms with Crippen molar-refractivity contribution in [1.29, 1.82) is 0 Å². The van der Waals surface area contributed by atoms with Gasteiger partial charge in [-0.25, -0.2) is 0 Å². The van der Waals surface area contributed by atoms with Gasteiger partial charge in [0.05, 0.1) is 11.7 Å². The molecule has 0 aromatic carbocycles. The van der Waals surface area contributed by atoms with Crippen LogP contribution in [0.5, 0.6) is 0 Å². The third-order valence-corrected chi connectivity index (χ3v) is 3.21. The van der Waals surface area contributed by atoms with Gasteiger partial charge in [0.15, 0.2) is 5.82 Å². The average molecular weight is 302 g/mol. The second-order valence-corrected chi connectivity index (χ2v) is 6.31. The van der Waals surface area contributed by atoms with Crippen LogP contribution in [0.3, 0.4) is 0 Å². The first kappa shape index (κ1) is 16.1. The molecule has 0 spiro atoms. The van der Waals surface area contributed by atoms with E-state index in [1.807, 2.05) is 45.9 Å². The van der Waals surface area contributed by atoms with Gasteiger partial charge in [0, 0.05) is 24.5 Å². The van der Waals surface area contributed by atoms with Gasteiger partial charge in [0.1, 0.15) is 0 Å². The third-order valence-electron chi connectivity index (χ3n) is 3.21. The van der Waals surface area contributed by atoms with Crippen LogP contribution in [0.2, 0.25) is 0 Å². The number of nitrogens with zero attached hydrogens (tertiary/aromatic N) is 3. The number of rotatable bonds is 5. The lowest BCUT2D eigenvalue weighted by Gasteiger charge is -2.12. The van der Waals surface area contributed by atoms with Crippen molar-refractivity contribution >= 4 is 5.91 Å². The molecule has 0 aliphatic carbocycles. The molecular formula is C16H22N4O2. The summed E-state index contributed by atoms with van der Waals surface area (Å²) in [4.78, 5) is 20.5. The highest BCUT2D eigenvalue weighted by Crippen LogP contribution is 2.18. The molecule has 0 fully saturated rings. The SMILES string of the molecule is CC(NC(=O)CCc1nc(C(C)(C)C)no1)c1ccccn1. The predicted octanol–water partition coefficient (Wildman–Crippen LogP) is 2.57. The maximum atomic E-state index is 12.0. The Bertz CT molecular complexity index is 617. The van der Waals surface area contributed by atoms with Crippen LogP contribution < -0.4 is 5.32 Å². The Morgan fingerprint density at radius 1 is 1.36 bits per heavy atom. The molecule has 2 rings (SSSR count). The number of hydrogen-bond donors (Lipinski definition) is 1. The van der Waals surface area contributed by atoms with Gasteiger partial charge in [-0.15, -0.1) is 0 Å². The lowest BCUT2D eigenvalue weighted by atomic mass is 9.96. The van der Waals surface area contributed by atoms with E-state index in [9.17, 15) is 4.79 Å². The largest absolute Gasteiger partial charge is 0.348 e. The zero-order valence-electron chi connectivity index (χ0n) is 13.5. The first-order valence-electron chi connectivity index (χ1n) is 7.39. The van der Waals surface area contributed by atoms with Crippen LogP contribution in [0.1, 0.15) is 57.6 Å². The van der Waals surface area contributed by atoms with Gasteiger partial charge < -0.3 is 9.84 Å². The predicted molar refractivity (Wildman–Crippen MR) is 82.1 cm³/mol. The van der Waals surface area contributed by atoms with Crippen LogP contribution in [0, 0.1) is 0 Å². The van der Waals surface area contributed by atoms with Crippen LogP contribution in [-0.2, 0) is 16.6 Å². The minimum Gasteiger partial charge on any atom is -0.348 e. The highest BCUT2D eigenvalue weighted by atomic mass is 16.5. The van der Waals surface area contributed by atoms with Gasteiger partial charge in [-0.2, -0.15) is 4.98 Å². The topological polar surface area (TPSA) is 80.9 Å². The Kier molecular flexibility index (Phi) is 4.90. The fraction of sp³-hybridized carbons (Fsp3) is 0.500. The Hall–Kier alpha value is -2.24. The quantitative estimate of drug-likeness (QED) is 0.918. The summed E-state index contributed by atoms with van der Waals surface area (Å²) in [6.45, 7) is 7.96. The van der Waals surface area contributed by atoms with Gasteiger partial charge in [-0.1, -0.05) is 32.0 Å². The Morgan fingerprint density at radius 3 is 2.73 bits per heavy atom. The molecule has 1 N–H and O–H groups in total. The van der Waals surface area contributed by atoms with E-state index in [4.69, 9.17) is 4.52 Å². The van der Waals surface area contributed by atoms with E-state index in [1.165, 1.54) is 0 Å². The fourth-order valence-corrected chi connectivity index (χ4v) is 1.90. The fourth-order valence-electron chi connectivity index (χ4n) is 1.90. The molecule has 22 heavy (non-hydrogen) atoms. The maximum absolute atomic E-state index is 12.0. The minimum absolute atomic E-state index is 0.0614. The molecule has 1 amide bonds. The second kappa shape index (κ2) is 6.68. The number of pyridine rings is 1. The molecule has 0 radical (unpaired) electrons. The van der Waals surface area contributed by atoms with E-state index in [0.29, 0.717) is 24.6 Å². The van der Waals surface area contributed by atoms with Crippen molar-refractivity contribution in [2.75, 3.05) is 0 Å². The standard InChI is InChI=1S/C16H22N4O2/c1-11(12-7-5-6-10-17-12)18-13(21)8-9-14-19-15(20-22-14)16(2,3)4/h5-7,10-11H,8-9H2,1-4H3,(H,18,21). The number of hydrogen-bond acceptors (Lipinski definition) is 5. The third kappa shape index (κ3) is 4.38. The summed E-state index contributed by atoms with van der Waals surface area (Å²) in [6.07, 6.45) is 2.46. The van der Waals surface area contributed by atoms with Crippen LogP contribution in [0.25, 0.3) is 0 Å². The second-order valence-electron chi connectivity index (χ2n) is 6.31. The number of amides is 1. The number of aromatic nitrogens is 3. The maximum Gasteiger partial charge on any atom is 0.227 e. The first-order valence-corrected chi connectivity index (χ1v) is 7.39. The van der Waals surface area contributed by atoms with Gasteiger partial charge in [-0.05, 0) is 19.1 Å². The summed E-state index contributed by atoms with van der Waals surface area (Å²) < 4.78 is 5.18. The first-order chi connectivity index (χ1) is 10.4. The summed E-state index contributed by atoms with van der Waals surface area (Å²) in [6, 6.07) is 5.51. The molecular weight excluding hydrogens is 280 g/mol. The highest BCUT2D eigenvalue weighted by molar-refractivity contribution is 5.76. The van der Waals surface area contributed by atoms with E-state index in [1.54, 1.807) is 6.20 Å². The van der Waals surface area contributed by atoms with Gasteiger partial charge in [0.2, 0.25) is 11.8 Å². The van der Waals surface area contributed by atoms with E-state index in [-0.39, 0.29) is 17.4 Å². The lowest BCUT2D eigenvalue weighted by Crippen LogP contribution is -2.27. The normalized spacial score (nSPS) is 12.9. The molecule has 2 heterocycles. The van der Waals surface area contributed by atoms with Crippen LogP contribution in [-0.4, -0.2) is 21.0 Å². The van der Waals surface area contributed by atoms with Crippen molar-refractivity contribution in [2.45, 2.75) is 52.0 Å². The van der Waals surface area contributed by atoms with Crippen molar-refractivity contribution in [2.24, 2.45) is 0 Å². The average Bonchev–Trinajstić information content (AvgIpc) is 2.95. The molecule has 0 saturated carbocycles. The number of carbonyl (C=O) groups excluding carboxylic acids is 1. The van der Waals surface area contributed by atoms with Crippen LogP contribution >= 0.6 is 0 Å². The summed E-state index contributed by atoms with van der Waals surface area (Å²) >= 11 is 0. The van der Waals surface area contributed by atoms with Crippen molar-refractivity contribution in [1.82, 2.24) is 20.4 Å². The summed E-state index contributed by atoms with van der Waals surface area (Å²) in [5, 5.41) is 6.86. The van der Waals surface area contributed by atoms with Crippen molar-refractivity contribution in [3.05, 3.63) is 41.8 Å². The Labute approximate surface area is 130 Å². The van der Waals surface area contributed by atoms with Crippen molar-refractivity contribution in [3.8, 4) is 0 Å². The van der Waals surface area contributed by atoms with Crippen molar-refractivity contribution < 1.29 is 9.32 Å². The van der Waals surface area contributed by atoms with Crippen LogP contribution in [0.15, 0.2) is 28.9 Å². The number of aryl methyl sites for hydroxylation is 1. The van der Waals surface area contributed by atoms with E-state index in [2.05, 4.69) is 20.4 Å². The number of carbonyl (C=O) groups is 1. The molecule has 1 atom stereocenters. The highest BCUT2D eigenvalue weighted by Gasteiger charge is 2.21. The molecule has 1 unspecified atom stereocenters. The summed E-state index contributed by atoms with van der Waals surface area (Å²) in [7, 11) is 0. The summed E-state index contributed by atoms with van der Waals surface area (Å²) in [5.41, 5.74) is 0.681. The molecule has 0 aliphatic heterocycles. The van der Waals surface area contributed by atoms with E-state index < -0.39 is 0 Å². The smallest absolute Gasteiger partial charge is 0.227 e. The lowest BCUT2D eigenvalue weighted by molar-refractivity contribution is -0.121. The molecule has 118 valence electrons. The number of nitrogens with one attached hydrogen (secondary N) is 1. The molecule has 6 nitrogen and oxygen atoms in total. The van der Waals surface area contributed by atoms with Crippen molar-refractivity contribution in [3.63, 3.8) is 0 Å². The molecule has 6 heteroatoms. The molecule has 0 bridgehead atoms. The van der Waals surface area contributed by atoms with Crippen LogP contribution in [0.4, 0.5) is 0 Å². The van der Waals surface area contributed by atoms with Gasteiger partial charge in [-0.3, -0.25) is 9.78 Å². The summed E-state index contributed by atoms with van der Waals surface area (Å²) in [5.74, 6) is 1.09. The molecule has 0 aliphatic rings. The Morgan fingerprint density at radius 2 is 2.14 bits per heavy atom. The zero-order valence-corrected chi connectivity index (χ0v) is 13.5. The minimum atomic E-state index is -0.155. The van der Waals surface area contributed by atoms with Gasteiger partial charge in [0.25, 0.3) is 0 Å². The van der Waals surface area contributed by atoms with Gasteiger partial charge >= 0.3 is 0 Å². The molecule has 0 saturated heterocycles. The Balaban J connectivity index is 1.84.